The summed E-state index contributed by atoms with van der Waals surface area (Å²) in [5.74, 6) is -0.0270. The Morgan fingerprint density at radius 1 is 0.647 bits per heavy atom. The molecular formula is C30H52O4. The van der Waals surface area contributed by atoms with Crippen molar-refractivity contribution >= 4 is 11.9 Å². The molecule has 0 N–H and O–H groups in total. The monoisotopic (exact) mass is 476 g/mol. The predicted octanol–water partition coefficient (Wildman–Crippen LogP) is 7.89. The van der Waals surface area contributed by atoms with Crippen molar-refractivity contribution in [2.75, 3.05) is 13.2 Å². The van der Waals surface area contributed by atoms with Crippen LogP contribution in [0.15, 0.2) is 12.2 Å². The molecule has 6 atom stereocenters. The van der Waals surface area contributed by atoms with Crippen LogP contribution in [-0.2, 0) is 19.1 Å². The Bertz CT molecular complexity index is 561. The van der Waals surface area contributed by atoms with E-state index in [1.807, 2.05) is 0 Å². The second-order valence-electron chi connectivity index (χ2n) is 10.9. The first-order valence-electron chi connectivity index (χ1n) is 14.6. The smallest absolute Gasteiger partial charge is 0.310 e. The zero-order valence-electron chi connectivity index (χ0n) is 22.6. The van der Waals surface area contributed by atoms with Gasteiger partial charge in [-0.15, -0.1) is 0 Å². The lowest BCUT2D eigenvalue weighted by Gasteiger charge is -2.42. The van der Waals surface area contributed by atoms with Crippen LogP contribution < -0.4 is 0 Å². The van der Waals surface area contributed by atoms with Crippen molar-refractivity contribution in [3.05, 3.63) is 12.2 Å². The molecule has 3 rings (SSSR count). The number of unbranched alkanes of at least 4 members (excludes halogenated alkanes) is 4. The van der Waals surface area contributed by atoms with Gasteiger partial charge in [0.15, 0.2) is 0 Å². The van der Waals surface area contributed by atoms with Crippen LogP contribution in [0.2, 0.25) is 0 Å². The van der Waals surface area contributed by atoms with E-state index in [1.54, 1.807) is 0 Å². The predicted molar refractivity (Wildman–Crippen MR) is 139 cm³/mol. The molecule has 0 aliphatic heterocycles. The largest absolute Gasteiger partial charge is 0.465 e. The standard InChI is InChI=1S/C30H52O4/c1-5-9-11-15-23(13-7-3)21-33-29(31)27-25-17-19-26(20-18-25)28(27)30(32)34-22-24(14-8-4)16-12-10-6-2/h17,19,23-28H,5-16,18,20-22H2,1-4H3. The summed E-state index contributed by atoms with van der Waals surface area (Å²) in [6.07, 6.45) is 20.1. The van der Waals surface area contributed by atoms with E-state index < -0.39 is 0 Å². The van der Waals surface area contributed by atoms with Gasteiger partial charge in [0, 0.05) is 0 Å². The zero-order valence-corrected chi connectivity index (χ0v) is 22.6. The van der Waals surface area contributed by atoms with Gasteiger partial charge in [0.05, 0.1) is 25.0 Å². The fraction of sp³-hybridized carbons (Fsp3) is 0.867. The van der Waals surface area contributed by atoms with Gasteiger partial charge in [0.2, 0.25) is 0 Å². The van der Waals surface area contributed by atoms with E-state index in [0.717, 1.165) is 51.4 Å². The van der Waals surface area contributed by atoms with Gasteiger partial charge in [-0.25, -0.2) is 0 Å². The third-order valence-electron chi connectivity index (χ3n) is 8.04. The summed E-state index contributed by atoms with van der Waals surface area (Å²) in [5.41, 5.74) is 0. The van der Waals surface area contributed by atoms with E-state index in [2.05, 4.69) is 39.8 Å². The molecule has 3 aliphatic rings. The number of esters is 2. The lowest BCUT2D eigenvalue weighted by atomic mass is 9.62. The molecule has 4 nitrogen and oxygen atoms in total. The van der Waals surface area contributed by atoms with Crippen molar-refractivity contribution in [1.82, 2.24) is 0 Å². The minimum Gasteiger partial charge on any atom is -0.465 e. The summed E-state index contributed by atoms with van der Waals surface area (Å²) in [6.45, 7) is 9.81. The molecule has 0 aromatic heterocycles. The molecule has 0 amide bonds. The highest BCUT2D eigenvalue weighted by Crippen LogP contribution is 2.46. The fourth-order valence-corrected chi connectivity index (χ4v) is 6.03. The minimum absolute atomic E-state index is 0.107. The average Bonchev–Trinajstić information content (AvgIpc) is 2.85. The Labute approximate surface area is 209 Å². The molecule has 2 bridgehead atoms. The van der Waals surface area contributed by atoms with Crippen molar-refractivity contribution in [3.8, 4) is 0 Å². The van der Waals surface area contributed by atoms with E-state index in [0.29, 0.717) is 25.0 Å². The first-order valence-corrected chi connectivity index (χ1v) is 14.6. The van der Waals surface area contributed by atoms with E-state index in [4.69, 9.17) is 9.47 Å². The number of fused-ring (bicyclic) bond motifs is 2. The Balaban J connectivity index is 1.96. The summed E-state index contributed by atoms with van der Waals surface area (Å²) in [6, 6.07) is 0. The quantitative estimate of drug-likeness (QED) is 0.115. The van der Waals surface area contributed by atoms with Crippen molar-refractivity contribution in [3.63, 3.8) is 0 Å². The molecule has 0 heterocycles. The number of hydrogen-bond donors (Lipinski definition) is 0. The van der Waals surface area contributed by atoms with Crippen LogP contribution in [0, 0.1) is 35.5 Å². The molecule has 0 aromatic rings. The SMILES string of the molecule is CCCCCC(CCC)COC(=O)C1C2C=CC(CC2)C1C(=O)OCC(CCC)CCCCC. The van der Waals surface area contributed by atoms with Gasteiger partial charge >= 0.3 is 11.9 Å². The minimum atomic E-state index is -0.376. The van der Waals surface area contributed by atoms with Crippen LogP contribution in [0.25, 0.3) is 0 Å². The highest BCUT2D eigenvalue weighted by atomic mass is 16.5. The van der Waals surface area contributed by atoms with E-state index >= 15 is 0 Å². The molecule has 0 spiro atoms. The number of rotatable bonds is 18. The summed E-state index contributed by atoms with van der Waals surface area (Å²) >= 11 is 0. The van der Waals surface area contributed by atoms with Gasteiger partial charge < -0.3 is 9.47 Å². The van der Waals surface area contributed by atoms with Gasteiger partial charge in [-0.1, -0.05) is 91.2 Å². The van der Waals surface area contributed by atoms with Crippen molar-refractivity contribution in [1.29, 1.82) is 0 Å². The van der Waals surface area contributed by atoms with Crippen LogP contribution in [0.1, 0.15) is 118 Å². The van der Waals surface area contributed by atoms with Gasteiger partial charge in [-0.05, 0) is 62.2 Å². The van der Waals surface area contributed by atoms with Crippen molar-refractivity contribution in [2.45, 2.75) is 118 Å². The van der Waals surface area contributed by atoms with Gasteiger partial charge in [0.1, 0.15) is 0 Å². The van der Waals surface area contributed by atoms with Crippen molar-refractivity contribution in [2.24, 2.45) is 35.5 Å². The highest BCUT2D eigenvalue weighted by Gasteiger charge is 2.49. The molecular weight excluding hydrogens is 424 g/mol. The first kappa shape index (κ1) is 28.9. The fourth-order valence-electron chi connectivity index (χ4n) is 6.03. The van der Waals surface area contributed by atoms with Crippen LogP contribution >= 0.6 is 0 Å². The normalized spacial score (nSPS) is 25.2. The molecule has 1 fully saturated rings. The first-order chi connectivity index (χ1) is 16.5. The number of ether oxygens (including phenoxy) is 2. The third-order valence-corrected chi connectivity index (χ3v) is 8.04. The molecule has 1 saturated carbocycles. The third kappa shape index (κ3) is 9.04. The van der Waals surface area contributed by atoms with E-state index in [1.165, 1.54) is 38.5 Å². The Hall–Kier alpha value is -1.32. The topological polar surface area (TPSA) is 52.6 Å². The number of carbonyl (C=O) groups excluding carboxylic acids is 2. The van der Waals surface area contributed by atoms with Gasteiger partial charge in [-0.3, -0.25) is 9.59 Å². The van der Waals surface area contributed by atoms with E-state index in [9.17, 15) is 9.59 Å². The lowest BCUT2D eigenvalue weighted by Crippen LogP contribution is -2.46. The summed E-state index contributed by atoms with van der Waals surface area (Å²) in [7, 11) is 0. The Morgan fingerprint density at radius 3 is 1.38 bits per heavy atom. The highest BCUT2D eigenvalue weighted by molar-refractivity contribution is 5.84. The van der Waals surface area contributed by atoms with Crippen LogP contribution in [0.3, 0.4) is 0 Å². The summed E-state index contributed by atoms with van der Waals surface area (Å²) < 4.78 is 11.8. The maximum absolute atomic E-state index is 13.3. The van der Waals surface area contributed by atoms with Crippen LogP contribution in [0.5, 0.6) is 0 Å². The van der Waals surface area contributed by atoms with Crippen LogP contribution in [0.4, 0.5) is 0 Å². The summed E-state index contributed by atoms with van der Waals surface area (Å²) in [4.78, 5) is 26.6. The molecule has 34 heavy (non-hydrogen) atoms. The molecule has 0 aromatic carbocycles. The Kier molecular flexibility index (Phi) is 13.9. The summed E-state index contributed by atoms with van der Waals surface area (Å²) in [5, 5.41) is 0. The number of allylic oxidation sites excluding steroid dienone is 2. The van der Waals surface area contributed by atoms with Gasteiger partial charge in [0.25, 0.3) is 0 Å². The molecule has 0 radical (unpaired) electrons. The second kappa shape index (κ2) is 16.4. The lowest BCUT2D eigenvalue weighted by molar-refractivity contribution is -0.169. The average molecular weight is 477 g/mol. The maximum atomic E-state index is 13.3. The van der Waals surface area contributed by atoms with Crippen LogP contribution in [-0.4, -0.2) is 25.2 Å². The van der Waals surface area contributed by atoms with Gasteiger partial charge in [-0.2, -0.15) is 0 Å². The number of hydrogen-bond acceptors (Lipinski definition) is 4. The maximum Gasteiger partial charge on any atom is 0.310 e. The molecule has 196 valence electrons. The van der Waals surface area contributed by atoms with Crippen molar-refractivity contribution < 1.29 is 19.1 Å². The molecule has 6 unspecified atom stereocenters. The van der Waals surface area contributed by atoms with E-state index in [-0.39, 0.29) is 35.6 Å². The molecule has 4 heteroatoms. The number of carbonyl (C=O) groups is 2. The molecule has 3 aliphatic carbocycles. The molecule has 0 saturated heterocycles. The Morgan fingerprint density at radius 2 is 1.06 bits per heavy atom. The second-order valence-corrected chi connectivity index (χ2v) is 10.9. The zero-order chi connectivity index (χ0) is 24.8.